The van der Waals surface area contributed by atoms with E-state index in [9.17, 15) is 40.5 Å². The van der Waals surface area contributed by atoms with Gasteiger partial charge >= 0.3 is 5.97 Å². The van der Waals surface area contributed by atoms with Crippen LogP contribution >= 0.6 is 0 Å². The van der Waals surface area contributed by atoms with E-state index in [2.05, 4.69) is 60.6 Å². The zero-order chi connectivity index (χ0) is 38.6. The Morgan fingerprint density at radius 2 is 1.49 bits per heavy atom. The molecular formula is C41H64O12. The standard InChI is InChI=1S/C41H64O12/c1-20-10-15-41(36(49)53-35-33(48)31(46)30(45)24(18-42)51-35)17-16-39(6)22(28(41)21(20)2)8-9-26-38(5)13-12-27(37(3,4)25(38)11-14-40(26,39)7)52-34-32(47)29(44)23(43)19-50-34/h8-9,20-21,23-25,27-35,42-48H,10-19H2,1-7H3/t20-,21+,23+,24-,25+,27+,28+,29+,30-,31+,32-,33-,34+,35+,38+,39-,40-,41+/m1/s1. The van der Waals surface area contributed by atoms with Gasteiger partial charge in [-0.2, -0.15) is 0 Å². The van der Waals surface area contributed by atoms with Crippen molar-refractivity contribution in [2.75, 3.05) is 13.2 Å². The van der Waals surface area contributed by atoms with Gasteiger partial charge in [-0.1, -0.05) is 71.8 Å². The highest BCUT2D eigenvalue weighted by Gasteiger charge is 2.68. The van der Waals surface area contributed by atoms with Crippen LogP contribution in [0.15, 0.2) is 23.3 Å². The topological polar surface area (TPSA) is 196 Å². The predicted octanol–water partition coefficient (Wildman–Crippen LogP) is 2.73. The van der Waals surface area contributed by atoms with E-state index in [1.807, 2.05) is 0 Å². The molecule has 12 heteroatoms. The number of hydrogen-bond acceptors (Lipinski definition) is 12. The van der Waals surface area contributed by atoms with Gasteiger partial charge in [0.1, 0.15) is 42.7 Å². The fourth-order valence-electron chi connectivity index (χ4n) is 12.8. The molecule has 0 aromatic heterocycles. The first kappa shape index (κ1) is 39.8. The SMILES string of the molecule is C[C@H]1[C@H](C)CC[C@]2(C(=O)O[C@@H]3O[C@H](CO)[C@@H](O)[C@H](O)[C@H]3O)CC[C@]3(C)C(=CC=C4[C@@]5(C)CC[C@H](O[C@@H]6OC[C@H](O)[C@H](O)[C@H]6O)C(C)(C)[C@@H]5CC[C@]43C)[C@H]12. The zero-order valence-electron chi connectivity index (χ0n) is 32.5. The first-order valence-electron chi connectivity index (χ1n) is 20.0. The lowest BCUT2D eigenvalue weighted by atomic mass is 9.35. The van der Waals surface area contributed by atoms with Crippen molar-refractivity contribution >= 4 is 5.97 Å². The van der Waals surface area contributed by atoms with Crippen molar-refractivity contribution < 1.29 is 59.5 Å². The second-order valence-electron chi connectivity index (χ2n) is 19.2. The van der Waals surface area contributed by atoms with E-state index in [0.717, 1.165) is 38.5 Å². The molecule has 2 aliphatic heterocycles. The van der Waals surface area contributed by atoms with Crippen LogP contribution in [0.5, 0.6) is 0 Å². The van der Waals surface area contributed by atoms with E-state index in [-0.39, 0.29) is 52.1 Å². The van der Waals surface area contributed by atoms with Gasteiger partial charge in [0.15, 0.2) is 6.29 Å². The maximum absolute atomic E-state index is 14.6. The molecule has 300 valence electrons. The van der Waals surface area contributed by atoms with Crippen LogP contribution in [0, 0.1) is 50.7 Å². The summed E-state index contributed by atoms with van der Waals surface area (Å²) in [5.41, 5.74) is 1.04. The third-order valence-electron chi connectivity index (χ3n) is 16.6. The Hall–Kier alpha value is -1.45. The molecule has 0 aromatic carbocycles. The van der Waals surface area contributed by atoms with Gasteiger partial charge < -0.3 is 54.7 Å². The number of fused-ring (bicyclic) bond motifs is 7. The van der Waals surface area contributed by atoms with Gasteiger partial charge in [0.2, 0.25) is 6.29 Å². The van der Waals surface area contributed by atoms with E-state index in [1.165, 1.54) is 11.1 Å². The second-order valence-corrected chi connectivity index (χ2v) is 19.2. The van der Waals surface area contributed by atoms with Crippen LogP contribution < -0.4 is 0 Å². The van der Waals surface area contributed by atoms with Gasteiger partial charge in [-0.25, -0.2) is 0 Å². The molecule has 0 aromatic rings. The Bertz CT molecular complexity index is 1480. The van der Waals surface area contributed by atoms with Crippen LogP contribution in [0.4, 0.5) is 0 Å². The van der Waals surface area contributed by atoms with Crippen molar-refractivity contribution in [1.29, 1.82) is 0 Å². The molecule has 0 unspecified atom stereocenters. The lowest BCUT2D eigenvalue weighted by molar-refractivity contribution is -0.302. The van der Waals surface area contributed by atoms with Crippen LogP contribution in [-0.2, 0) is 23.7 Å². The molecule has 2 saturated heterocycles. The molecule has 0 spiro atoms. The summed E-state index contributed by atoms with van der Waals surface area (Å²) in [6.45, 7) is 15.5. The smallest absolute Gasteiger partial charge is 0.315 e. The molecule has 18 atom stereocenters. The Kier molecular flexibility index (Phi) is 10.2. The average molecular weight is 749 g/mol. The van der Waals surface area contributed by atoms with Crippen LogP contribution in [0.1, 0.15) is 99.8 Å². The van der Waals surface area contributed by atoms with Gasteiger partial charge in [-0.3, -0.25) is 4.79 Å². The molecular weight excluding hydrogens is 684 g/mol. The highest BCUT2D eigenvalue weighted by molar-refractivity contribution is 5.79. The molecule has 6 fully saturated rings. The van der Waals surface area contributed by atoms with E-state index in [4.69, 9.17) is 18.9 Å². The molecule has 7 aliphatic rings. The van der Waals surface area contributed by atoms with Crippen LogP contribution in [0.2, 0.25) is 0 Å². The molecule has 5 aliphatic carbocycles. The summed E-state index contributed by atoms with van der Waals surface area (Å²) in [5.74, 6) is 0.242. The summed E-state index contributed by atoms with van der Waals surface area (Å²) in [4.78, 5) is 14.6. The van der Waals surface area contributed by atoms with E-state index >= 15 is 0 Å². The number of esters is 1. The van der Waals surface area contributed by atoms with Gasteiger partial charge in [-0.15, -0.1) is 0 Å². The van der Waals surface area contributed by atoms with E-state index < -0.39 is 73.3 Å². The number of aliphatic hydroxyl groups is 7. The maximum atomic E-state index is 14.6. The van der Waals surface area contributed by atoms with Crippen molar-refractivity contribution in [2.24, 2.45) is 50.7 Å². The van der Waals surface area contributed by atoms with Crippen LogP contribution in [0.25, 0.3) is 0 Å². The molecule has 0 radical (unpaired) electrons. The molecule has 7 rings (SSSR count). The minimum absolute atomic E-state index is 0.0964. The summed E-state index contributed by atoms with van der Waals surface area (Å²) in [6.07, 6.45) is -1.46. The number of ether oxygens (including phenoxy) is 4. The highest BCUT2D eigenvalue weighted by atomic mass is 16.7. The van der Waals surface area contributed by atoms with E-state index in [0.29, 0.717) is 18.8 Å². The Balaban J connectivity index is 1.20. The lowest BCUT2D eigenvalue weighted by Crippen LogP contribution is -2.64. The molecule has 0 amide bonds. The molecule has 0 bridgehead atoms. The van der Waals surface area contributed by atoms with Gasteiger partial charge in [0, 0.05) is 0 Å². The average Bonchev–Trinajstić information content (AvgIpc) is 3.11. The quantitative estimate of drug-likeness (QED) is 0.161. The van der Waals surface area contributed by atoms with Crippen molar-refractivity contribution in [2.45, 2.75) is 161 Å². The van der Waals surface area contributed by atoms with Gasteiger partial charge in [0.05, 0.1) is 24.7 Å². The largest absolute Gasteiger partial charge is 0.432 e. The number of carbonyl (C=O) groups is 1. The van der Waals surface area contributed by atoms with Gasteiger partial charge in [0.25, 0.3) is 0 Å². The summed E-state index contributed by atoms with van der Waals surface area (Å²) in [6, 6.07) is 0. The van der Waals surface area contributed by atoms with Crippen molar-refractivity contribution in [3.63, 3.8) is 0 Å². The van der Waals surface area contributed by atoms with Crippen LogP contribution in [-0.4, -0.2) is 116 Å². The minimum atomic E-state index is -1.65. The van der Waals surface area contributed by atoms with E-state index in [1.54, 1.807) is 0 Å². The Morgan fingerprint density at radius 1 is 0.792 bits per heavy atom. The molecule has 12 nitrogen and oxygen atoms in total. The number of hydrogen-bond donors (Lipinski definition) is 7. The van der Waals surface area contributed by atoms with Crippen LogP contribution in [0.3, 0.4) is 0 Å². The molecule has 53 heavy (non-hydrogen) atoms. The first-order valence-corrected chi connectivity index (χ1v) is 20.0. The van der Waals surface area contributed by atoms with Crippen molar-refractivity contribution in [1.82, 2.24) is 0 Å². The van der Waals surface area contributed by atoms with Crippen molar-refractivity contribution in [3.8, 4) is 0 Å². The number of rotatable bonds is 5. The number of aliphatic hydroxyl groups excluding tert-OH is 7. The summed E-state index contributed by atoms with van der Waals surface area (Å²) >= 11 is 0. The second kappa shape index (κ2) is 13.6. The predicted molar refractivity (Wildman–Crippen MR) is 191 cm³/mol. The summed E-state index contributed by atoms with van der Waals surface area (Å²) in [7, 11) is 0. The first-order chi connectivity index (χ1) is 24.8. The number of carbonyl (C=O) groups excluding carboxylic acids is 1. The van der Waals surface area contributed by atoms with Gasteiger partial charge in [-0.05, 0) is 96.7 Å². The normalized spacial score (nSPS) is 53.5. The summed E-state index contributed by atoms with van der Waals surface area (Å²) < 4.78 is 23.7. The fourth-order valence-corrected chi connectivity index (χ4v) is 12.8. The minimum Gasteiger partial charge on any atom is -0.432 e. The maximum Gasteiger partial charge on any atom is 0.315 e. The van der Waals surface area contributed by atoms with Crippen molar-refractivity contribution in [3.05, 3.63) is 23.3 Å². The monoisotopic (exact) mass is 748 g/mol. The third kappa shape index (κ3) is 5.70. The Labute approximate surface area is 313 Å². The molecule has 7 N–H and O–H groups in total. The summed E-state index contributed by atoms with van der Waals surface area (Å²) in [5, 5.41) is 72.3. The fraction of sp³-hybridized carbons (Fsp3) is 0.878. The lowest BCUT2D eigenvalue weighted by Gasteiger charge is -2.69. The highest BCUT2D eigenvalue weighted by Crippen LogP contribution is 2.75. The number of allylic oxidation sites excluding steroid dienone is 4. The molecule has 4 saturated carbocycles. The molecule has 2 heterocycles. The Morgan fingerprint density at radius 3 is 2.19 bits per heavy atom. The third-order valence-corrected chi connectivity index (χ3v) is 16.6. The zero-order valence-corrected chi connectivity index (χ0v) is 32.5.